The topological polar surface area (TPSA) is 35.5 Å². The fraction of sp³-hybridized carbons (Fsp3) is 0.914. The van der Waals surface area contributed by atoms with Gasteiger partial charge in [-0.25, -0.2) is 4.79 Å². The van der Waals surface area contributed by atoms with E-state index in [2.05, 4.69) is 46.8 Å². The van der Waals surface area contributed by atoms with Gasteiger partial charge in [-0.15, -0.1) is 0 Å². The molecule has 0 aliphatic carbocycles. The van der Waals surface area contributed by atoms with Crippen molar-refractivity contribution in [1.29, 1.82) is 0 Å². The van der Waals surface area contributed by atoms with Crippen LogP contribution in [0, 0.1) is 5.41 Å². The van der Waals surface area contributed by atoms with E-state index in [-0.39, 0.29) is 11.5 Å². The molecule has 0 heterocycles. The van der Waals surface area contributed by atoms with Crippen LogP contribution in [0.3, 0.4) is 0 Å². The van der Waals surface area contributed by atoms with Gasteiger partial charge >= 0.3 is 6.16 Å². The van der Waals surface area contributed by atoms with Gasteiger partial charge in [0.2, 0.25) is 0 Å². The zero-order chi connectivity index (χ0) is 28.2. The molecule has 0 bridgehead atoms. The lowest BCUT2D eigenvalue weighted by Crippen LogP contribution is -2.34. The third-order valence-electron chi connectivity index (χ3n) is 8.33. The number of ether oxygens (including phenoxy) is 2. The number of unbranched alkanes of at least 4 members (excludes halogenated alkanes) is 18. The Bertz CT molecular complexity index is 529. The highest BCUT2D eigenvalue weighted by molar-refractivity contribution is 5.60. The van der Waals surface area contributed by atoms with E-state index in [4.69, 9.17) is 9.47 Å². The molecule has 2 atom stereocenters. The Morgan fingerprint density at radius 1 is 0.605 bits per heavy atom. The quantitative estimate of drug-likeness (QED) is 0.0566. The number of carbonyl (C=O) groups excluding carboxylic acids is 1. The first-order valence-electron chi connectivity index (χ1n) is 17.0. The molecule has 0 aromatic rings. The molecule has 0 aliphatic heterocycles. The molecule has 0 fully saturated rings. The summed E-state index contributed by atoms with van der Waals surface area (Å²) in [6.45, 7) is 11.6. The van der Waals surface area contributed by atoms with Gasteiger partial charge in [-0.1, -0.05) is 149 Å². The third kappa shape index (κ3) is 22.9. The molecule has 0 saturated heterocycles. The van der Waals surface area contributed by atoms with E-state index in [0.717, 1.165) is 25.7 Å². The Balaban J connectivity index is 3.87. The normalized spacial score (nSPS) is 14.0. The van der Waals surface area contributed by atoms with Crippen molar-refractivity contribution in [3.8, 4) is 0 Å². The predicted molar refractivity (Wildman–Crippen MR) is 167 cm³/mol. The van der Waals surface area contributed by atoms with Crippen molar-refractivity contribution >= 4 is 6.16 Å². The van der Waals surface area contributed by atoms with Gasteiger partial charge in [-0.05, 0) is 51.9 Å². The number of rotatable bonds is 28. The van der Waals surface area contributed by atoms with Crippen LogP contribution >= 0.6 is 0 Å². The van der Waals surface area contributed by atoms with Crippen LogP contribution < -0.4 is 0 Å². The second-order valence-electron chi connectivity index (χ2n) is 12.1. The molecule has 38 heavy (non-hydrogen) atoms. The van der Waals surface area contributed by atoms with Crippen molar-refractivity contribution in [3.05, 3.63) is 12.2 Å². The Morgan fingerprint density at radius 2 is 1.00 bits per heavy atom. The summed E-state index contributed by atoms with van der Waals surface area (Å²) in [6, 6.07) is 0. The second kappa shape index (κ2) is 27.6. The van der Waals surface area contributed by atoms with E-state index in [1.54, 1.807) is 0 Å². The maximum absolute atomic E-state index is 12.4. The van der Waals surface area contributed by atoms with E-state index >= 15 is 0 Å². The van der Waals surface area contributed by atoms with Crippen molar-refractivity contribution in [2.45, 2.75) is 195 Å². The molecule has 2 unspecified atom stereocenters. The van der Waals surface area contributed by atoms with Gasteiger partial charge in [0.1, 0.15) is 6.10 Å². The second-order valence-corrected chi connectivity index (χ2v) is 12.1. The van der Waals surface area contributed by atoms with Crippen LogP contribution in [0.5, 0.6) is 0 Å². The molecule has 3 heteroatoms. The maximum Gasteiger partial charge on any atom is 0.508 e. The number of hydrogen-bond acceptors (Lipinski definition) is 3. The lowest BCUT2D eigenvalue weighted by molar-refractivity contribution is -0.0278. The van der Waals surface area contributed by atoms with Gasteiger partial charge < -0.3 is 9.47 Å². The molecule has 0 rings (SSSR count). The van der Waals surface area contributed by atoms with Gasteiger partial charge in [-0.2, -0.15) is 0 Å². The molecule has 0 amide bonds. The zero-order valence-corrected chi connectivity index (χ0v) is 26.6. The summed E-state index contributed by atoms with van der Waals surface area (Å²) in [4.78, 5) is 12.4. The molecule has 226 valence electrons. The minimum atomic E-state index is -0.474. The highest BCUT2D eigenvalue weighted by atomic mass is 16.7. The first-order chi connectivity index (χ1) is 18.5. The SMILES string of the molecule is CCCCCCCC/C=C\CCCCCCCCOC(=O)OC(C)C(C)(CCCCC)CCCCCCC. The number of carbonyl (C=O) groups is 1. The Morgan fingerprint density at radius 3 is 1.53 bits per heavy atom. The predicted octanol–water partition coefficient (Wildman–Crippen LogP) is 12.5. The average Bonchev–Trinajstić information content (AvgIpc) is 2.90. The van der Waals surface area contributed by atoms with Crippen molar-refractivity contribution in [2.75, 3.05) is 6.61 Å². The standard InChI is InChI=1S/C35H68O3/c1-6-9-12-14-15-16-17-18-19-20-21-22-23-24-26-29-32-37-34(36)38-33(4)35(5,30-27-11-8-3)31-28-25-13-10-7-2/h18-19,33H,6-17,20-32H2,1-5H3/b19-18-. The van der Waals surface area contributed by atoms with Crippen LogP contribution in [0.15, 0.2) is 12.2 Å². The zero-order valence-electron chi connectivity index (χ0n) is 26.6. The summed E-state index contributed by atoms with van der Waals surface area (Å²) in [5, 5.41) is 0. The van der Waals surface area contributed by atoms with Crippen LogP contribution in [-0.4, -0.2) is 18.9 Å². The molecule has 0 aromatic heterocycles. The molecule has 0 aliphatic rings. The first-order valence-corrected chi connectivity index (χ1v) is 17.0. The highest BCUT2D eigenvalue weighted by Crippen LogP contribution is 2.36. The van der Waals surface area contributed by atoms with Gasteiger partial charge in [0.15, 0.2) is 0 Å². The van der Waals surface area contributed by atoms with E-state index in [0.29, 0.717) is 6.61 Å². The van der Waals surface area contributed by atoms with E-state index in [1.165, 1.54) is 128 Å². The number of hydrogen-bond donors (Lipinski definition) is 0. The molecule has 0 radical (unpaired) electrons. The largest absolute Gasteiger partial charge is 0.508 e. The Kier molecular flexibility index (Phi) is 26.9. The van der Waals surface area contributed by atoms with Crippen molar-refractivity contribution < 1.29 is 14.3 Å². The van der Waals surface area contributed by atoms with Crippen molar-refractivity contribution in [2.24, 2.45) is 5.41 Å². The number of allylic oxidation sites excluding steroid dienone is 2. The van der Waals surface area contributed by atoms with E-state index in [1.807, 2.05) is 0 Å². The van der Waals surface area contributed by atoms with Gasteiger partial charge in [0.05, 0.1) is 6.61 Å². The minimum Gasteiger partial charge on any atom is -0.434 e. The fourth-order valence-corrected chi connectivity index (χ4v) is 5.27. The molecule has 0 spiro atoms. The van der Waals surface area contributed by atoms with Crippen LogP contribution in [0.4, 0.5) is 4.79 Å². The molecule has 0 aromatic carbocycles. The van der Waals surface area contributed by atoms with Crippen molar-refractivity contribution in [1.82, 2.24) is 0 Å². The average molecular weight is 537 g/mol. The first kappa shape index (κ1) is 37.0. The molecule has 3 nitrogen and oxygen atoms in total. The third-order valence-corrected chi connectivity index (χ3v) is 8.33. The Hall–Kier alpha value is -0.990. The molecular weight excluding hydrogens is 468 g/mol. The van der Waals surface area contributed by atoms with Crippen LogP contribution in [0.1, 0.15) is 189 Å². The summed E-state index contributed by atoms with van der Waals surface area (Å²) >= 11 is 0. The van der Waals surface area contributed by atoms with Crippen LogP contribution in [0.2, 0.25) is 0 Å². The summed E-state index contributed by atoms with van der Waals surface area (Å²) in [5.41, 5.74) is 0.0455. The lowest BCUT2D eigenvalue weighted by atomic mass is 9.75. The van der Waals surface area contributed by atoms with Crippen molar-refractivity contribution in [3.63, 3.8) is 0 Å². The van der Waals surface area contributed by atoms with Gasteiger partial charge in [0, 0.05) is 5.41 Å². The van der Waals surface area contributed by atoms with E-state index in [9.17, 15) is 4.79 Å². The highest BCUT2D eigenvalue weighted by Gasteiger charge is 2.33. The van der Waals surface area contributed by atoms with Gasteiger partial charge in [-0.3, -0.25) is 0 Å². The Labute approximate surface area is 239 Å². The summed E-state index contributed by atoms with van der Waals surface area (Å²) in [7, 11) is 0. The summed E-state index contributed by atoms with van der Waals surface area (Å²) in [5.74, 6) is 0. The molecule has 0 N–H and O–H groups in total. The smallest absolute Gasteiger partial charge is 0.434 e. The van der Waals surface area contributed by atoms with Crippen LogP contribution in [-0.2, 0) is 9.47 Å². The van der Waals surface area contributed by atoms with E-state index < -0.39 is 6.16 Å². The monoisotopic (exact) mass is 537 g/mol. The maximum atomic E-state index is 12.4. The summed E-state index contributed by atoms with van der Waals surface area (Å²) in [6.07, 6.45) is 34.5. The van der Waals surface area contributed by atoms with Crippen LogP contribution in [0.25, 0.3) is 0 Å². The van der Waals surface area contributed by atoms with Gasteiger partial charge in [0.25, 0.3) is 0 Å². The minimum absolute atomic E-state index is 0.0455. The molecular formula is C35H68O3. The summed E-state index contributed by atoms with van der Waals surface area (Å²) < 4.78 is 11.2. The fourth-order valence-electron chi connectivity index (χ4n) is 5.27. The lowest BCUT2D eigenvalue weighted by Gasteiger charge is -2.35. The molecule has 0 saturated carbocycles.